The van der Waals surface area contributed by atoms with E-state index in [0.29, 0.717) is 24.7 Å². The van der Waals surface area contributed by atoms with Gasteiger partial charge >= 0.3 is 0 Å². The first-order chi connectivity index (χ1) is 13.8. The molecule has 4 aromatic rings. The highest BCUT2D eigenvalue weighted by Crippen LogP contribution is 2.29. The van der Waals surface area contributed by atoms with Crippen molar-refractivity contribution < 1.29 is 9.21 Å². The molecule has 2 aromatic carbocycles. The van der Waals surface area contributed by atoms with E-state index in [1.807, 2.05) is 59.5 Å². The molecule has 1 saturated heterocycles. The second-order valence-corrected chi connectivity index (χ2v) is 6.99. The molecule has 7 heteroatoms. The number of benzene rings is 2. The molecular weight excluding hydrogens is 354 g/mol. The van der Waals surface area contributed by atoms with Crippen LogP contribution in [-0.4, -0.2) is 43.9 Å². The first-order valence-electron chi connectivity index (χ1n) is 9.40. The number of oxazole rings is 1. The van der Waals surface area contributed by atoms with Crippen molar-refractivity contribution in [3.05, 3.63) is 72.4 Å². The number of para-hydroxylation sites is 3. The fourth-order valence-electron chi connectivity index (χ4n) is 3.66. The van der Waals surface area contributed by atoms with E-state index in [1.54, 1.807) is 10.9 Å². The van der Waals surface area contributed by atoms with Crippen LogP contribution >= 0.6 is 0 Å². The third-order valence-corrected chi connectivity index (χ3v) is 5.10. The number of hydrogen-bond acceptors (Lipinski definition) is 5. The average Bonchev–Trinajstić information content (AvgIpc) is 3.41. The minimum absolute atomic E-state index is 0.0919. The lowest BCUT2D eigenvalue weighted by Crippen LogP contribution is -2.39. The van der Waals surface area contributed by atoms with Crippen LogP contribution in [0.1, 0.15) is 35.1 Å². The van der Waals surface area contributed by atoms with Crippen molar-refractivity contribution in [2.75, 3.05) is 13.1 Å². The topological polar surface area (TPSA) is 77.1 Å². The van der Waals surface area contributed by atoms with Gasteiger partial charge < -0.3 is 9.32 Å². The Morgan fingerprint density at radius 3 is 2.75 bits per heavy atom. The minimum Gasteiger partial charge on any atom is -0.440 e. The number of hydrogen-bond donors (Lipinski definition) is 0. The Kier molecular flexibility index (Phi) is 4.12. The number of likely N-dealkylation sites (tertiary alicyclic amines) is 1. The Labute approximate surface area is 161 Å². The van der Waals surface area contributed by atoms with Gasteiger partial charge in [0.05, 0.1) is 17.8 Å². The van der Waals surface area contributed by atoms with Gasteiger partial charge in [0.15, 0.2) is 17.2 Å². The van der Waals surface area contributed by atoms with Crippen LogP contribution in [0.5, 0.6) is 0 Å². The molecule has 0 aliphatic carbocycles. The van der Waals surface area contributed by atoms with E-state index in [9.17, 15) is 4.79 Å². The normalized spacial score (nSPS) is 17.1. The van der Waals surface area contributed by atoms with Crippen LogP contribution in [0.15, 0.2) is 65.2 Å². The predicted molar refractivity (Wildman–Crippen MR) is 103 cm³/mol. The lowest BCUT2D eigenvalue weighted by Gasteiger charge is -2.30. The number of nitrogens with zero attached hydrogens (tertiary/aromatic N) is 5. The molecule has 0 saturated carbocycles. The van der Waals surface area contributed by atoms with Crippen molar-refractivity contribution >= 4 is 17.0 Å². The van der Waals surface area contributed by atoms with Crippen molar-refractivity contribution in [1.82, 2.24) is 24.9 Å². The molecule has 7 nitrogen and oxygen atoms in total. The van der Waals surface area contributed by atoms with Crippen LogP contribution in [0.4, 0.5) is 0 Å². The first-order valence-corrected chi connectivity index (χ1v) is 9.40. The summed E-state index contributed by atoms with van der Waals surface area (Å²) in [4.78, 5) is 19.4. The molecule has 1 unspecified atom stereocenters. The highest BCUT2D eigenvalue weighted by Gasteiger charge is 2.29. The van der Waals surface area contributed by atoms with Gasteiger partial charge in [0.25, 0.3) is 5.91 Å². The summed E-state index contributed by atoms with van der Waals surface area (Å²) in [6.45, 7) is 1.28. The molecular formula is C21H19N5O2. The molecule has 1 fully saturated rings. The second kappa shape index (κ2) is 6.92. The maximum atomic E-state index is 13.0. The van der Waals surface area contributed by atoms with Gasteiger partial charge in [-0.05, 0) is 37.1 Å². The predicted octanol–water partition coefficient (Wildman–Crippen LogP) is 3.43. The minimum atomic E-state index is -0.108. The number of carbonyl (C=O) groups is 1. The molecule has 0 N–H and O–H groups in total. The molecule has 0 radical (unpaired) electrons. The van der Waals surface area contributed by atoms with Gasteiger partial charge in [-0.15, -0.1) is 5.10 Å². The van der Waals surface area contributed by atoms with Gasteiger partial charge in [-0.3, -0.25) is 4.79 Å². The Morgan fingerprint density at radius 2 is 1.89 bits per heavy atom. The fraction of sp³-hybridized carbons (Fsp3) is 0.238. The number of carbonyl (C=O) groups excluding carboxylic acids is 1. The summed E-state index contributed by atoms with van der Waals surface area (Å²) in [5.74, 6) is 0.684. The number of amides is 1. The third-order valence-electron chi connectivity index (χ3n) is 5.10. The summed E-state index contributed by atoms with van der Waals surface area (Å²) in [6, 6.07) is 17.4. The molecule has 1 aliphatic heterocycles. The van der Waals surface area contributed by atoms with Crippen LogP contribution in [0.25, 0.3) is 16.8 Å². The standard InChI is InChI=1S/C21H19N5O2/c27-21(18-14-26(24-23-18)16-8-2-1-3-9-16)25-12-6-7-15(13-25)20-22-17-10-4-5-11-19(17)28-20/h1-5,8-11,14-15H,6-7,12-13H2. The Hall–Kier alpha value is -3.48. The van der Waals surface area contributed by atoms with Crippen LogP contribution in [-0.2, 0) is 0 Å². The van der Waals surface area contributed by atoms with Crippen molar-refractivity contribution in [3.63, 3.8) is 0 Å². The highest BCUT2D eigenvalue weighted by atomic mass is 16.3. The molecule has 1 amide bonds. The summed E-state index contributed by atoms with van der Waals surface area (Å²) >= 11 is 0. The van der Waals surface area contributed by atoms with Gasteiger partial charge in [-0.2, -0.15) is 0 Å². The molecule has 2 aromatic heterocycles. The van der Waals surface area contributed by atoms with Crippen molar-refractivity contribution in [3.8, 4) is 5.69 Å². The highest BCUT2D eigenvalue weighted by molar-refractivity contribution is 5.92. The summed E-state index contributed by atoms with van der Waals surface area (Å²) in [7, 11) is 0. The quantitative estimate of drug-likeness (QED) is 0.550. The summed E-state index contributed by atoms with van der Waals surface area (Å²) in [5.41, 5.74) is 2.86. The Balaban J connectivity index is 1.35. The van der Waals surface area contributed by atoms with E-state index in [-0.39, 0.29) is 11.8 Å². The number of fused-ring (bicyclic) bond motifs is 1. The zero-order chi connectivity index (χ0) is 18.9. The summed E-state index contributed by atoms with van der Waals surface area (Å²) < 4.78 is 7.54. The molecule has 3 heterocycles. The van der Waals surface area contributed by atoms with E-state index in [4.69, 9.17) is 4.42 Å². The van der Waals surface area contributed by atoms with Gasteiger partial charge in [0, 0.05) is 13.1 Å². The van der Waals surface area contributed by atoms with E-state index >= 15 is 0 Å². The van der Waals surface area contributed by atoms with Gasteiger partial charge in [-0.1, -0.05) is 35.5 Å². The number of aromatic nitrogens is 4. The van der Waals surface area contributed by atoms with E-state index < -0.39 is 0 Å². The van der Waals surface area contributed by atoms with E-state index in [2.05, 4.69) is 15.3 Å². The maximum Gasteiger partial charge on any atom is 0.276 e. The second-order valence-electron chi connectivity index (χ2n) is 6.99. The van der Waals surface area contributed by atoms with Crippen molar-refractivity contribution in [2.24, 2.45) is 0 Å². The molecule has 140 valence electrons. The number of piperidine rings is 1. The molecule has 5 rings (SSSR count). The van der Waals surface area contributed by atoms with Gasteiger partial charge in [-0.25, -0.2) is 9.67 Å². The Bertz CT molecular complexity index is 1090. The monoisotopic (exact) mass is 373 g/mol. The summed E-state index contributed by atoms with van der Waals surface area (Å²) in [6.07, 6.45) is 3.54. The van der Waals surface area contributed by atoms with Crippen molar-refractivity contribution in [1.29, 1.82) is 0 Å². The smallest absolute Gasteiger partial charge is 0.276 e. The zero-order valence-corrected chi connectivity index (χ0v) is 15.2. The first kappa shape index (κ1) is 16.7. The lowest BCUT2D eigenvalue weighted by molar-refractivity contribution is 0.0693. The summed E-state index contributed by atoms with van der Waals surface area (Å²) in [5, 5.41) is 8.18. The lowest BCUT2D eigenvalue weighted by atomic mass is 9.98. The van der Waals surface area contributed by atoms with Gasteiger partial charge in [0.2, 0.25) is 0 Å². The van der Waals surface area contributed by atoms with Crippen LogP contribution in [0.2, 0.25) is 0 Å². The molecule has 0 spiro atoms. The van der Waals surface area contributed by atoms with Crippen LogP contribution in [0.3, 0.4) is 0 Å². The average molecular weight is 373 g/mol. The zero-order valence-electron chi connectivity index (χ0n) is 15.2. The van der Waals surface area contributed by atoms with E-state index in [1.165, 1.54) is 0 Å². The molecule has 0 bridgehead atoms. The largest absolute Gasteiger partial charge is 0.440 e. The molecule has 1 atom stereocenters. The van der Waals surface area contributed by atoms with Crippen LogP contribution in [0, 0.1) is 0 Å². The van der Waals surface area contributed by atoms with Gasteiger partial charge in [0.1, 0.15) is 5.52 Å². The maximum absolute atomic E-state index is 13.0. The SMILES string of the molecule is O=C(c1cn(-c2ccccc2)nn1)N1CCCC(c2nc3ccccc3o2)C1. The number of rotatable bonds is 3. The van der Waals surface area contributed by atoms with Crippen LogP contribution < -0.4 is 0 Å². The molecule has 28 heavy (non-hydrogen) atoms. The molecule has 1 aliphatic rings. The van der Waals surface area contributed by atoms with E-state index in [0.717, 1.165) is 29.6 Å². The Morgan fingerprint density at radius 1 is 1.07 bits per heavy atom. The van der Waals surface area contributed by atoms with Crippen molar-refractivity contribution in [2.45, 2.75) is 18.8 Å². The fourth-order valence-corrected chi connectivity index (χ4v) is 3.66. The third kappa shape index (κ3) is 3.05.